The highest BCUT2D eigenvalue weighted by molar-refractivity contribution is 5.95. The Hall–Kier alpha value is -1.32. The maximum atomic E-state index is 11.4. The van der Waals surface area contributed by atoms with Gasteiger partial charge in [-0.25, -0.2) is 0 Å². The van der Waals surface area contributed by atoms with Gasteiger partial charge < -0.3 is 9.47 Å². The molecule has 0 amide bonds. The Morgan fingerprint density at radius 3 is 2.36 bits per heavy atom. The minimum atomic E-state index is -1.22. The van der Waals surface area contributed by atoms with Crippen LogP contribution in [-0.2, 0) is 19.1 Å². The second-order valence-electron chi connectivity index (χ2n) is 3.00. The van der Waals surface area contributed by atoms with E-state index in [9.17, 15) is 9.59 Å². The zero-order valence-electron chi connectivity index (χ0n) is 9.28. The Labute approximate surface area is 84.3 Å². The summed E-state index contributed by atoms with van der Waals surface area (Å²) in [5, 5.41) is 0. The third-order valence-electron chi connectivity index (χ3n) is 2.18. The average molecular weight is 199 g/mol. The summed E-state index contributed by atoms with van der Waals surface area (Å²) in [6, 6.07) is 0. The van der Waals surface area contributed by atoms with Crippen molar-refractivity contribution in [2.75, 3.05) is 14.2 Å². The molecule has 1 atom stereocenters. The first-order chi connectivity index (χ1) is 7.05. The number of allylic oxidation sites excluding steroid dienone is 2. The second kappa shape index (κ2) is 4.79. The molecule has 4 nitrogen and oxygen atoms in total. The lowest BCUT2D eigenvalue weighted by molar-refractivity contribution is -0.160. The SMILES string of the molecule is [2H][C@]1(C(C(=O)OC)C(=O)OC)C=CCC1. The van der Waals surface area contributed by atoms with Gasteiger partial charge in [0.1, 0.15) is 0 Å². The molecular weight excluding hydrogens is 184 g/mol. The number of rotatable bonds is 3. The smallest absolute Gasteiger partial charge is 0.320 e. The van der Waals surface area contributed by atoms with Crippen LogP contribution in [0.3, 0.4) is 0 Å². The number of hydrogen-bond acceptors (Lipinski definition) is 4. The van der Waals surface area contributed by atoms with Gasteiger partial charge in [0.05, 0.1) is 14.2 Å². The first kappa shape index (κ1) is 9.24. The Morgan fingerprint density at radius 2 is 2.00 bits per heavy atom. The van der Waals surface area contributed by atoms with E-state index in [1.165, 1.54) is 14.2 Å². The standard InChI is InChI=1S/C10H14O4/c1-13-9(11)8(10(12)14-2)7-5-3-4-6-7/h3,5,7-8H,4,6H2,1-2H3/t7-/m0/s1/i7D. The third kappa shape index (κ3) is 2.13. The number of methoxy groups -OCH3 is 2. The van der Waals surface area contributed by atoms with Crippen molar-refractivity contribution in [2.45, 2.75) is 12.8 Å². The van der Waals surface area contributed by atoms with Gasteiger partial charge in [0.2, 0.25) is 0 Å². The van der Waals surface area contributed by atoms with Gasteiger partial charge in [-0.15, -0.1) is 0 Å². The fourth-order valence-corrected chi connectivity index (χ4v) is 1.44. The molecule has 0 bridgehead atoms. The van der Waals surface area contributed by atoms with Crippen LogP contribution in [-0.4, -0.2) is 26.2 Å². The molecule has 1 aliphatic carbocycles. The Bertz CT molecular complexity index is 284. The van der Waals surface area contributed by atoms with Crippen LogP contribution in [0, 0.1) is 11.8 Å². The molecule has 0 aliphatic heterocycles. The van der Waals surface area contributed by atoms with E-state index in [-0.39, 0.29) is 0 Å². The lowest BCUT2D eigenvalue weighted by Gasteiger charge is -2.17. The zero-order chi connectivity index (χ0) is 11.5. The number of carbonyl (C=O) groups is 2. The van der Waals surface area contributed by atoms with Crippen LogP contribution < -0.4 is 0 Å². The van der Waals surface area contributed by atoms with E-state index in [2.05, 4.69) is 9.47 Å². The van der Waals surface area contributed by atoms with Crippen molar-refractivity contribution in [1.29, 1.82) is 0 Å². The van der Waals surface area contributed by atoms with E-state index >= 15 is 0 Å². The summed E-state index contributed by atoms with van der Waals surface area (Å²) in [6.07, 6.45) is 4.47. The zero-order valence-corrected chi connectivity index (χ0v) is 8.28. The molecule has 0 N–H and O–H groups in total. The van der Waals surface area contributed by atoms with Crippen LogP contribution in [0.1, 0.15) is 14.2 Å². The van der Waals surface area contributed by atoms with Gasteiger partial charge in [0, 0.05) is 7.26 Å². The molecule has 0 heterocycles. The van der Waals surface area contributed by atoms with Crippen molar-refractivity contribution in [3.63, 3.8) is 0 Å². The topological polar surface area (TPSA) is 52.6 Å². The fourth-order valence-electron chi connectivity index (χ4n) is 1.44. The van der Waals surface area contributed by atoms with E-state index in [4.69, 9.17) is 1.37 Å². The van der Waals surface area contributed by atoms with E-state index in [0.717, 1.165) is 0 Å². The first-order valence-corrected chi connectivity index (χ1v) is 4.38. The van der Waals surface area contributed by atoms with Gasteiger partial charge in [-0.05, 0) is 12.8 Å². The molecule has 1 rings (SSSR count). The molecular formula is C10H14O4. The van der Waals surface area contributed by atoms with Gasteiger partial charge in [-0.3, -0.25) is 9.59 Å². The van der Waals surface area contributed by atoms with Gasteiger partial charge in [0.15, 0.2) is 5.92 Å². The molecule has 0 spiro atoms. The first-order valence-electron chi connectivity index (χ1n) is 4.88. The van der Waals surface area contributed by atoms with Crippen LogP contribution in [0.2, 0.25) is 0 Å². The quantitative estimate of drug-likeness (QED) is 0.385. The Balaban J connectivity index is 2.95. The van der Waals surface area contributed by atoms with Crippen molar-refractivity contribution in [3.8, 4) is 0 Å². The highest BCUT2D eigenvalue weighted by Gasteiger charge is 2.36. The van der Waals surface area contributed by atoms with Crippen LogP contribution >= 0.6 is 0 Å². The molecule has 0 saturated carbocycles. The average Bonchev–Trinajstić information content (AvgIpc) is 2.65. The number of ether oxygens (including phenoxy) is 2. The summed E-state index contributed by atoms with van der Waals surface area (Å²) in [4.78, 5) is 22.9. The van der Waals surface area contributed by atoms with E-state index < -0.39 is 23.8 Å². The van der Waals surface area contributed by atoms with Crippen LogP contribution in [0.15, 0.2) is 12.2 Å². The lowest BCUT2D eigenvalue weighted by Crippen LogP contribution is -2.31. The number of esters is 2. The normalized spacial score (nSPS) is 26.1. The van der Waals surface area contributed by atoms with Crippen molar-refractivity contribution >= 4 is 11.9 Å². The van der Waals surface area contributed by atoms with Crippen molar-refractivity contribution in [2.24, 2.45) is 11.8 Å². The minimum Gasteiger partial charge on any atom is -0.468 e. The summed E-state index contributed by atoms with van der Waals surface area (Å²) >= 11 is 0. The highest BCUT2D eigenvalue weighted by Crippen LogP contribution is 2.27. The van der Waals surface area contributed by atoms with Crippen molar-refractivity contribution < 1.29 is 20.4 Å². The molecule has 0 aromatic carbocycles. The Morgan fingerprint density at radius 1 is 1.43 bits per heavy atom. The van der Waals surface area contributed by atoms with Gasteiger partial charge in [0.25, 0.3) is 0 Å². The maximum absolute atomic E-state index is 11.4. The second-order valence-corrected chi connectivity index (χ2v) is 3.00. The molecule has 4 heteroatoms. The maximum Gasteiger partial charge on any atom is 0.320 e. The molecule has 14 heavy (non-hydrogen) atoms. The molecule has 0 saturated heterocycles. The predicted octanol–water partition coefficient (Wildman–Crippen LogP) is 0.915. The van der Waals surface area contributed by atoms with E-state index in [1.807, 2.05) is 0 Å². The van der Waals surface area contributed by atoms with Gasteiger partial charge >= 0.3 is 11.9 Å². The summed E-state index contributed by atoms with van der Waals surface area (Å²) in [6.45, 7) is 0. The largest absolute Gasteiger partial charge is 0.468 e. The predicted molar refractivity (Wildman–Crippen MR) is 49.4 cm³/mol. The highest BCUT2D eigenvalue weighted by atomic mass is 16.5. The molecule has 0 unspecified atom stereocenters. The van der Waals surface area contributed by atoms with Crippen molar-refractivity contribution in [3.05, 3.63) is 12.2 Å². The van der Waals surface area contributed by atoms with Crippen molar-refractivity contribution in [1.82, 2.24) is 0 Å². The lowest BCUT2D eigenvalue weighted by atomic mass is 9.92. The molecule has 78 valence electrons. The summed E-state index contributed by atoms with van der Waals surface area (Å²) < 4.78 is 17.1. The van der Waals surface area contributed by atoms with Crippen LogP contribution in [0.4, 0.5) is 0 Å². The minimum absolute atomic E-state index is 0.432. The molecule has 1 aliphatic rings. The summed E-state index contributed by atoms with van der Waals surface area (Å²) in [5.74, 6) is -3.85. The van der Waals surface area contributed by atoms with Gasteiger partial charge in [-0.2, -0.15) is 0 Å². The van der Waals surface area contributed by atoms with Crippen LogP contribution in [0.5, 0.6) is 0 Å². The molecule has 0 aromatic heterocycles. The third-order valence-corrected chi connectivity index (χ3v) is 2.18. The fraction of sp³-hybridized carbons (Fsp3) is 0.600. The molecule has 0 aromatic rings. The number of carbonyl (C=O) groups excluding carboxylic acids is 2. The van der Waals surface area contributed by atoms with Gasteiger partial charge in [-0.1, -0.05) is 12.2 Å². The summed E-state index contributed by atoms with van der Waals surface area (Å²) in [5.41, 5.74) is 0. The Kier molecular flexibility index (Phi) is 3.16. The van der Waals surface area contributed by atoms with Crippen LogP contribution in [0.25, 0.3) is 0 Å². The van der Waals surface area contributed by atoms with E-state index in [0.29, 0.717) is 12.8 Å². The van der Waals surface area contributed by atoms with E-state index in [1.54, 1.807) is 12.2 Å². The molecule has 0 fully saturated rings. The summed E-state index contributed by atoms with van der Waals surface area (Å²) in [7, 11) is 2.39. The monoisotopic (exact) mass is 199 g/mol. The molecule has 0 radical (unpaired) electrons. The number of hydrogen-bond donors (Lipinski definition) is 0.